The van der Waals surface area contributed by atoms with Gasteiger partial charge < -0.3 is 5.11 Å². The first-order valence-corrected chi connectivity index (χ1v) is 5.87. The molecule has 0 aliphatic heterocycles. The Hall–Kier alpha value is -0.610. The fraction of sp³-hybridized carbons (Fsp3) is 0.545. The standard InChI is InChI=1S/C11H17BrN2O/c1-4-6-7-11(3,15)10-9(12)8-13-14(10)5-2/h4,8,15H,1,5-7H2,2-3H3. The molecule has 0 aromatic carbocycles. The predicted octanol–water partition coefficient (Wildman–Crippen LogP) is 2.84. The van der Waals surface area contributed by atoms with Crippen LogP contribution in [-0.4, -0.2) is 14.9 Å². The second kappa shape index (κ2) is 4.94. The monoisotopic (exact) mass is 272 g/mol. The first-order chi connectivity index (χ1) is 7.03. The van der Waals surface area contributed by atoms with Gasteiger partial charge in [0.05, 0.1) is 16.4 Å². The number of rotatable bonds is 5. The van der Waals surface area contributed by atoms with Crippen molar-refractivity contribution in [2.24, 2.45) is 0 Å². The minimum atomic E-state index is -0.862. The molecule has 0 bridgehead atoms. The molecule has 1 atom stereocenters. The van der Waals surface area contributed by atoms with Crippen molar-refractivity contribution in [2.45, 2.75) is 38.8 Å². The molecule has 1 N–H and O–H groups in total. The van der Waals surface area contributed by atoms with E-state index in [4.69, 9.17) is 0 Å². The highest BCUT2D eigenvalue weighted by Crippen LogP contribution is 2.31. The summed E-state index contributed by atoms with van der Waals surface area (Å²) in [7, 11) is 0. The molecule has 1 aromatic heterocycles. The summed E-state index contributed by atoms with van der Waals surface area (Å²) in [6.45, 7) is 8.24. The molecule has 0 aliphatic rings. The van der Waals surface area contributed by atoms with Gasteiger partial charge in [0.25, 0.3) is 0 Å². The minimum absolute atomic E-state index is 0.654. The van der Waals surface area contributed by atoms with E-state index in [0.717, 1.165) is 23.1 Å². The SMILES string of the molecule is C=CCCC(C)(O)c1c(Br)cnn1CC. The Morgan fingerprint density at radius 1 is 1.73 bits per heavy atom. The number of hydrogen-bond acceptors (Lipinski definition) is 2. The maximum absolute atomic E-state index is 10.4. The van der Waals surface area contributed by atoms with Gasteiger partial charge in [0.2, 0.25) is 0 Å². The van der Waals surface area contributed by atoms with Crippen molar-refractivity contribution in [1.29, 1.82) is 0 Å². The normalized spacial score (nSPS) is 14.9. The Morgan fingerprint density at radius 3 is 2.93 bits per heavy atom. The molecule has 0 fully saturated rings. The number of allylic oxidation sites excluding steroid dienone is 1. The Balaban J connectivity index is 3.01. The maximum atomic E-state index is 10.4. The van der Waals surface area contributed by atoms with Gasteiger partial charge in [0.1, 0.15) is 5.60 Å². The van der Waals surface area contributed by atoms with Crippen LogP contribution in [0, 0.1) is 0 Å². The van der Waals surface area contributed by atoms with Crippen LogP contribution in [0.4, 0.5) is 0 Å². The van der Waals surface area contributed by atoms with E-state index >= 15 is 0 Å². The molecule has 0 amide bonds. The zero-order valence-electron chi connectivity index (χ0n) is 9.20. The second-order valence-electron chi connectivity index (χ2n) is 3.76. The number of aromatic nitrogens is 2. The Kier molecular flexibility index (Phi) is 4.11. The third kappa shape index (κ3) is 2.69. The fourth-order valence-electron chi connectivity index (χ4n) is 1.64. The molecule has 1 heterocycles. The van der Waals surface area contributed by atoms with Crippen LogP contribution in [0.1, 0.15) is 32.4 Å². The van der Waals surface area contributed by atoms with Crippen molar-refractivity contribution in [1.82, 2.24) is 9.78 Å². The summed E-state index contributed by atoms with van der Waals surface area (Å²) in [4.78, 5) is 0. The topological polar surface area (TPSA) is 38.1 Å². The lowest BCUT2D eigenvalue weighted by Gasteiger charge is -2.24. The van der Waals surface area contributed by atoms with E-state index < -0.39 is 5.60 Å². The first-order valence-electron chi connectivity index (χ1n) is 5.08. The minimum Gasteiger partial charge on any atom is -0.384 e. The third-order valence-electron chi connectivity index (χ3n) is 2.44. The zero-order chi connectivity index (χ0) is 11.5. The number of hydrogen-bond donors (Lipinski definition) is 1. The number of nitrogens with zero attached hydrogens (tertiary/aromatic N) is 2. The summed E-state index contributed by atoms with van der Waals surface area (Å²) in [6.07, 6.45) is 4.98. The predicted molar refractivity (Wildman–Crippen MR) is 64.6 cm³/mol. The van der Waals surface area contributed by atoms with Gasteiger partial charge >= 0.3 is 0 Å². The van der Waals surface area contributed by atoms with E-state index in [1.54, 1.807) is 6.20 Å². The summed E-state index contributed by atoms with van der Waals surface area (Å²) < 4.78 is 2.67. The molecular weight excluding hydrogens is 256 g/mol. The maximum Gasteiger partial charge on any atom is 0.105 e. The van der Waals surface area contributed by atoms with Gasteiger partial charge in [-0.15, -0.1) is 6.58 Å². The molecule has 15 heavy (non-hydrogen) atoms. The van der Waals surface area contributed by atoms with Gasteiger partial charge in [-0.25, -0.2) is 0 Å². The Bertz CT molecular complexity index is 344. The van der Waals surface area contributed by atoms with Crippen molar-refractivity contribution in [3.63, 3.8) is 0 Å². The molecule has 1 aromatic rings. The molecule has 0 spiro atoms. The molecule has 0 saturated heterocycles. The smallest absolute Gasteiger partial charge is 0.105 e. The van der Waals surface area contributed by atoms with Crippen LogP contribution < -0.4 is 0 Å². The summed E-state index contributed by atoms with van der Waals surface area (Å²) >= 11 is 3.42. The molecule has 0 aliphatic carbocycles. The summed E-state index contributed by atoms with van der Waals surface area (Å²) in [5.74, 6) is 0. The number of halogens is 1. The van der Waals surface area contributed by atoms with Gasteiger partial charge in [-0.3, -0.25) is 4.68 Å². The zero-order valence-corrected chi connectivity index (χ0v) is 10.8. The van der Waals surface area contributed by atoms with E-state index in [1.165, 1.54) is 0 Å². The summed E-state index contributed by atoms with van der Waals surface area (Å²) in [5, 5.41) is 14.6. The molecule has 84 valence electrons. The van der Waals surface area contributed by atoms with Crippen LogP contribution in [0.2, 0.25) is 0 Å². The Labute approximate surface area is 98.9 Å². The number of aryl methyl sites for hydroxylation is 1. The lowest BCUT2D eigenvalue weighted by Crippen LogP contribution is -2.25. The van der Waals surface area contributed by atoms with E-state index in [1.807, 2.05) is 24.6 Å². The van der Waals surface area contributed by atoms with Crippen LogP contribution in [-0.2, 0) is 12.1 Å². The molecule has 1 unspecified atom stereocenters. The van der Waals surface area contributed by atoms with Gasteiger partial charge in [-0.2, -0.15) is 5.10 Å². The lowest BCUT2D eigenvalue weighted by atomic mass is 9.96. The third-order valence-corrected chi connectivity index (χ3v) is 3.02. The van der Waals surface area contributed by atoms with Gasteiger partial charge in [-0.05, 0) is 42.6 Å². The van der Waals surface area contributed by atoms with Crippen LogP contribution in [0.5, 0.6) is 0 Å². The van der Waals surface area contributed by atoms with Crippen LogP contribution >= 0.6 is 15.9 Å². The molecule has 1 rings (SSSR count). The first kappa shape index (κ1) is 12.5. The fourth-order valence-corrected chi connectivity index (χ4v) is 2.36. The Morgan fingerprint density at radius 2 is 2.40 bits per heavy atom. The van der Waals surface area contributed by atoms with Crippen LogP contribution in [0.25, 0.3) is 0 Å². The lowest BCUT2D eigenvalue weighted by molar-refractivity contribution is 0.0387. The molecular formula is C11H17BrN2O. The van der Waals surface area contributed by atoms with Crippen molar-refractivity contribution in [3.8, 4) is 0 Å². The van der Waals surface area contributed by atoms with Crippen LogP contribution in [0.3, 0.4) is 0 Å². The van der Waals surface area contributed by atoms with Crippen molar-refractivity contribution in [3.05, 3.63) is 29.0 Å². The summed E-state index contributed by atoms with van der Waals surface area (Å²) in [5.41, 5.74) is -0.0219. The molecule has 0 saturated carbocycles. The highest BCUT2D eigenvalue weighted by molar-refractivity contribution is 9.10. The van der Waals surface area contributed by atoms with Crippen molar-refractivity contribution < 1.29 is 5.11 Å². The molecule has 4 heteroatoms. The molecule has 3 nitrogen and oxygen atoms in total. The average molecular weight is 273 g/mol. The van der Waals surface area contributed by atoms with E-state index in [0.29, 0.717) is 6.42 Å². The van der Waals surface area contributed by atoms with E-state index in [9.17, 15) is 5.11 Å². The molecule has 0 radical (unpaired) electrons. The van der Waals surface area contributed by atoms with E-state index in [2.05, 4.69) is 27.6 Å². The van der Waals surface area contributed by atoms with Gasteiger partial charge in [0.15, 0.2) is 0 Å². The quantitative estimate of drug-likeness (QED) is 0.838. The van der Waals surface area contributed by atoms with E-state index in [-0.39, 0.29) is 0 Å². The van der Waals surface area contributed by atoms with Crippen LogP contribution in [0.15, 0.2) is 23.3 Å². The van der Waals surface area contributed by atoms with Crippen molar-refractivity contribution in [2.75, 3.05) is 0 Å². The largest absolute Gasteiger partial charge is 0.384 e. The highest BCUT2D eigenvalue weighted by Gasteiger charge is 2.28. The van der Waals surface area contributed by atoms with Gasteiger partial charge in [0, 0.05) is 6.54 Å². The van der Waals surface area contributed by atoms with Gasteiger partial charge in [-0.1, -0.05) is 6.08 Å². The average Bonchev–Trinajstić information content (AvgIpc) is 2.57. The second-order valence-corrected chi connectivity index (χ2v) is 4.61. The van der Waals surface area contributed by atoms with Crippen molar-refractivity contribution >= 4 is 15.9 Å². The summed E-state index contributed by atoms with van der Waals surface area (Å²) in [6, 6.07) is 0. The number of aliphatic hydroxyl groups is 1. The highest BCUT2D eigenvalue weighted by atomic mass is 79.9.